The molecule has 1 rings (SSSR count). The maximum atomic E-state index is 12.8. The topological polar surface area (TPSA) is 55.1 Å². The number of nitrogens with two attached hydrogens (primary N) is 1. The summed E-state index contributed by atoms with van der Waals surface area (Å²) in [6.07, 6.45) is -0.0235. The Kier molecular flexibility index (Phi) is 4.16. The van der Waals surface area contributed by atoms with Crippen molar-refractivity contribution >= 4 is 44.7 Å². The minimum atomic E-state index is -0.387. The maximum Gasteiger partial charge on any atom is 0.231 e. The van der Waals surface area contributed by atoms with Crippen LogP contribution >= 0.6 is 28.1 Å². The zero-order valence-electron chi connectivity index (χ0n) is 7.59. The molecule has 80 valence electrons. The van der Waals surface area contributed by atoms with Crippen LogP contribution in [0.3, 0.4) is 0 Å². The van der Waals surface area contributed by atoms with Gasteiger partial charge in [0.05, 0.1) is 15.9 Å². The molecule has 0 aromatic heterocycles. The van der Waals surface area contributed by atoms with E-state index in [9.17, 15) is 9.18 Å². The molecule has 1 aromatic carbocycles. The number of nitrogens with one attached hydrogen (secondary N) is 1. The lowest BCUT2D eigenvalue weighted by atomic mass is 10.3. The minimum Gasteiger partial charge on any atom is -0.393 e. The number of benzene rings is 1. The van der Waals surface area contributed by atoms with E-state index >= 15 is 0 Å². The van der Waals surface area contributed by atoms with E-state index in [1.165, 1.54) is 18.2 Å². The van der Waals surface area contributed by atoms with Crippen molar-refractivity contribution in [2.45, 2.75) is 6.42 Å². The lowest BCUT2D eigenvalue weighted by Crippen LogP contribution is -2.20. The molecule has 0 fully saturated rings. The molecule has 0 spiro atoms. The van der Waals surface area contributed by atoms with Crippen LogP contribution in [0.4, 0.5) is 10.1 Å². The van der Waals surface area contributed by atoms with Crippen molar-refractivity contribution in [3.8, 4) is 0 Å². The smallest absolute Gasteiger partial charge is 0.231 e. The van der Waals surface area contributed by atoms with E-state index in [1.54, 1.807) is 0 Å². The molecule has 0 saturated carbocycles. The number of carbonyl (C=O) groups excluding carboxylic acids is 1. The summed E-state index contributed by atoms with van der Waals surface area (Å²) >= 11 is 7.59. The van der Waals surface area contributed by atoms with E-state index in [-0.39, 0.29) is 27.6 Å². The summed E-state index contributed by atoms with van der Waals surface area (Å²) < 4.78 is 13.1. The molecule has 0 saturated heterocycles. The van der Waals surface area contributed by atoms with Crippen LogP contribution in [0.15, 0.2) is 22.7 Å². The number of amides is 1. The van der Waals surface area contributed by atoms with Gasteiger partial charge in [-0.1, -0.05) is 12.2 Å². The molecule has 0 aliphatic carbocycles. The molecule has 0 radical (unpaired) electrons. The maximum absolute atomic E-state index is 12.8. The standard InChI is InChI=1S/C9H8BrFN2OS/c10-6-3-5(1-2-7(6)11)13-9(14)4-8(12)15/h1-3H,4H2,(H2,12,15)(H,13,14). The summed E-state index contributed by atoms with van der Waals surface area (Å²) in [7, 11) is 0. The highest BCUT2D eigenvalue weighted by Crippen LogP contribution is 2.19. The molecule has 0 aliphatic heterocycles. The molecule has 1 aromatic rings. The van der Waals surface area contributed by atoms with Crippen LogP contribution < -0.4 is 11.1 Å². The van der Waals surface area contributed by atoms with E-state index in [0.29, 0.717) is 5.69 Å². The van der Waals surface area contributed by atoms with Crippen LogP contribution in [0.25, 0.3) is 0 Å². The van der Waals surface area contributed by atoms with Crippen molar-refractivity contribution in [3.05, 3.63) is 28.5 Å². The third kappa shape index (κ3) is 3.93. The molecule has 0 atom stereocenters. The Labute approximate surface area is 100.0 Å². The number of rotatable bonds is 3. The number of carbonyl (C=O) groups is 1. The number of hydrogen-bond donors (Lipinski definition) is 2. The monoisotopic (exact) mass is 290 g/mol. The Morgan fingerprint density at radius 3 is 2.80 bits per heavy atom. The third-order valence-electron chi connectivity index (χ3n) is 1.54. The second-order valence-electron chi connectivity index (χ2n) is 2.82. The molecule has 0 bridgehead atoms. The van der Waals surface area contributed by atoms with Crippen LogP contribution in [0, 0.1) is 5.82 Å². The zero-order valence-corrected chi connectivity index (χ0v) is 9.99. The zero-order chi connectivity index (χ0) is 11.4. The van der Waals surface area contributed by atoms with Gasteiger partial charge in [0.1, 0.15) is 5.82 Å². The fourth-order valence-electron chi connectivity index (χ4n) is 0.937. The molecule has 0 heterocycles. The lowest BCUT2D eigenvalue weighted by Gasteiger charge is -2.05. The van der Waals surface area contributed by atoms with Crippen molar-refractivity contribution in [2.75, 3.05) is 5.32 Å². The number of halogens is 2. The number of hydrogen-bond acceptors (Lipinski definition) is 2. The molecular formula is C9H8BrFN2OS. The molecule has 6 heteroatoms. The van der Waals surface area contributed by atoms with Gasteiger partial charge in [-0.15, -0.1) is 0 Å². The Morgan fingerprint density at radius 2 is 2.27 bits per heavy atom. The van der Waals surface area contributed by atoms with E-state index < -0.39 is 0 Å². The van der Waals surface area contributed by atoms with Crippen LogP contribution in [0.1, 0.15) is 6.42 Å². The lowest BCUT2D eigenvalue weighted by molar-refractivity contribution is -0.115. The molecule has 0 unspecified atom stereocenters. The van der Waals surface area contributed by atoms with Gasteiger partial charge in [-0.2, -0.15) is 0 Å². The molecule has 1 amide bonds. The van der Waals surface area contributed by atoms with Gasteiger partial charge in [-0.3, -0.25) is 4.79 Å². The predicted octanol–water partition coefficient (Wildman–Crippen LogP) is 2.20. The van der Waals surface area contributed by atoms with Crippen LogP contribution in [0.2, 0.25) is 0 Å². The highest BCUT2D eigenvalue weighted by molar-refractivity contribution is 9.10. The van der Waals surface area contributed by atoms with Crippen LogP contribution in [0.5, 0.6) is 0 Å². The predicted molar refractivity (Wildman–Crippen MR) is 64.1 cm³/mol. The molecule has 0 aliphatic rings. The SMILES string of the molecule is NC(=S)CC(=O)Nc1ccc(F)c(Br)c1. The van der Waals surface area contributed by atoms with Crippen LogP contribution in [-0.4, -0.2) is 10.9 Å². The third-order valence-corrected chi connectivity index (χ3v) is 2.29. The normalized spacial score (nSPS) is 9.73. The van der Waals surface area contributed by atoms with Crippen molar-refractivity contribution in [3.63, 3.8) is 0 Å². The van der Waals surface area contributed by atoms with E-state index in [1.807, 2.05) is 0 Å². The molecule has 3 N–H and O–H groups in total. The van der Waals surface area contributed by atoms with Gasteiger partial charge in [-0.05, 0) is 34.1 Å². The Morgan fingerprint density at radius 1 is 1.60 bits per heavy atom. The Hall–Kier alpha value is -1.01. The largest absolute Gasteiger partial charge is 0.393 e. The molecule has 15 heavy (non-hydrogen) atoms. The minimum absolute atomic E-state index is 0.0235. The van der Waals surface area contributed by atoms with Gasteiger partial charge < -0.3 is 11.1 Å². The summed E-state index contributed by atoms with van der Waals surface area (Å²) in [5.41, 5.74) is 5.69. The van der Waals surface area contributed by atoms with Gasteiger partial charge in [0, 0.05) is 5.69 Å². The first-order chi connectivity index (χ1) is 6.99. The van der Waals surface area contributed by atoms with E-state index in [2.05, 4.69) is 33.5 Å². The quantitative estimate of drug-likeness (QED) is 0.839. The average molecular weight is 291 g/mol. The van der Waals surface area contributed by atoms with Gasteiger partial charge in [0.25, 0.3) is 0 Å². The van der Waals surface area contributed by atoms with Gasteiger partial charge in [-0.25, -0.2) is 4.39 Å². The first-order valence-corrected chi connectivity index (χ1v) is 5.22. The average Bonchev–Trinajstić information content (AvgIpc) is 2.10. The first-order valence-electron chi connectivity index (χ1n) is 4.02. The summed E-state index contributed by atoms with van der Waals surface area (Å²) in [6.45, 7) is 0. The highest BCUT2D eigenvalue weighted by atomic mass is 79.9. The van der Waals surface area contributed by atoms with Crippen molar-refractivity contribution in [1.82, 2.24) is 0 Å². The fourth-order valence-corrected chi connectivity index (χ4v) is 1.45. The molecular weight excluding hydrogens is 283 g/mol. The summed E-state index contributed by atoms with van der Waals surface area (Å²) in [6, 6.07) is 4.17. The highest BCUT2D eigenvalue weighted by Gasteiger charge is 2.05. The van der Waals surface area contributed by atoms with E-state index in [0.717, 1.165) is 0 Å². The molecule has 3 nitrogen and oxygen atoms in total. The van der Waals surface area contributed by atoms with Crippen molar-refractivity contribution in [2.24, 2.45) is 5.73 Å². The van der Waals surface area contributed by atoms with Gasteiger partial charge in [0.2, 0.25) is 5.91 Å². The van der Waals surface area contributed by atoms with Crippen molar-refractivity contribution < 1.29 is 9.18 Å². The second-order valence-corrected chi connectivity index (χ2v) is 4.20. The van der Waals surface area contributed by atoms with Gasteiger partial charge in [0.15, 0.2) is 0 Å². The van der Waals surface area contributed by atoms with Crippen molar-refractivity contribution in [1.29, 1.82) is 0 Å². The van der Waals surface area contributed by atoms with Gasteiger partial charge >= 0.3 is 0 Å². The second kappa shape index (κ2) is 5.18. The Bertz CT molecular complexity index is 411. The van der Waals surface area contributed by atoms with Crippen LogP contribution in [-0.2, 0) is 4.79 Å². The number of anilines is 1. The van der Waals surface area contributed by atoms with E-state index in [4.69, 9.17) is 5.73 Å². The summed E-state index contributed by atoms with van der Waals surface area (Å²) in [5.74, 6) is -0.705. The Balaban J connectivity index is 2.69. The fraction of sp³-hybridized carbons (Fsp3) is 0.111. The summed E-state index contributed by atoms with van der Waals surface area (Å²) in [4.78, 5) is 11.4. The number of thiocarbonyl (C=S) groups is 1. The summed E-state index contributed by atoms with van der Waals surface area (Å²) in [5, 5.41) is 2.54. The first kappa shape index (κ1) is 12.1.